The summed E-state index contributed by atoms with van der Waals surface area (Å²) in [4.78, 5) is 43.0. The Labute approximate surface area is 232 Å². The lowest BCUT2D eigenvalue weighted by Crippen LogP contribution is -2.46. The van der Waals surface area contributed by atoms with Crippen LogP contribution in [0.4, 0.5) is 31.1 Å². The molecule has 0 fully saturated rings. The lowest BCUT2D eigenvalue weighted by atomic mass is 10.0. The second-order valence-corrected chi connectivity index (χ2v) is 10.6. The minimum absolute atomic E-state index is 0.117. The maximum Gasteiger partial charge on any atom is 0.449 e. The highest BCUT2D eigenvalue weighted by Crippen LogP contribution is 2.32. The molecule has 2 aromatic rings. The molecule has 0 saturated heterocycles. The molecule has 2 N–H and O–H groups in total. The van der Waals surface area contributed by atoms with Crippen LogP contribution < -0.4 is 10.6 Å². The van der Waals surface area contributed by atoms with Gasteiger partial charge in [-0.1, -0.05) is 6.92 Å². The average Bonchev–Trinajstić information content (AvgIpc) is 3.24. The molecule has 0 bridgehead atoms. The number of carbonyl (C=O) groups is 3. The number of fused-ring (bicyclic) bond motifs is 1. The van der Waals surface area contributed by atoms with Crippen LogP contribution in [0.25, 0.3) is 0 Å². The van der Waals surface area contributed by atoms with E-state index in [2.05, 4.69) is 15.6 Å². The molecule has 1 aromatic carbocycles. The van der Waals surface area contributed by atoms with Gasteiger partial charge in [-0.25, -0.2) is 22.9 Å². The number of hydrogen-bond donors (Lipinski definition) is 2. The van der Waals surface area contributed by atoms with Crippen molar-refractivity contribution in [3.05, 3.63) is 52.4 Å². The van der Waals surface area contributed by atoms with Crippen molar-refractivity contribution in [2.45, 2.75) is 77.9 Å². The summed E-state index contributed by atoms with van der Waals surface area (Å²) in [6.45, 7) is 5.83. The Kier molecular flexibility index (Phi) is 9.59. The van der Waals surface area contributed by atoms with Crippen molar-refractivity contribution in [1.82, 2.24) is 25.1 Å². The number of imidazole rings is 1. The minimum atomic E-state index is -4.85. The Morgan fingerprint density at radius 1 is 1.05 bits per heavy atom. The van der Waals surface area contributed by atoms with E-state index < -0.39 is 84.1 Å². The third-order valence-corrected chi connectivity index (χ3v) is 6.06. The molecule has 3 amide bonds. The van der Waals surface area contributed by atoms with E-state index in [9.17, 15) is 40.7 Å². The second-order valence-electron chi connectivity index (χ2n) is 10.6. The molecule has 0 spiro atoms. The number of halogens is 6. The number of alkyl carbamates (subject to hydrolysis) is 1. The highest BCUT2D eigenvalue weighted by Gasteiger charge is 2.42. The van der Waals surface area contributed by atoms with Crippen LogP contribution in [0.1, 0.15) is 68.1 Å². The van der Waals surface area contributed by atoms with Gasteiger partial charge in [-0.15, -0.1) is 0 Å². The first-order valence-corrected chi connectivity index (χ1v) is 12.9. The molecule has 226 valence electrons. The van der Waals surface area contributed by atoms with Gasteiger partial charge in [-0.2, -0.15) is 13.2 Å². The van der Waals surface area contributed by atoms with Crippen molar-refractivity contribution in [2.24, 2.45) is 0 Å². The Bertz CT molecular complexity index is 1300. The van der Waals surface area contributed by atoms with Gasteiger partial charge in [0.2, 0.25) is 11.7 Å². The van der Waals surface area contributed by atoms with Gasteiger partial charge in [-0.05, 0) is 45.2 Å². The van der Waals surface area contributed by atoms with Crippen LogP contribution in [0.15, 0.2) is 12.1 Å². The zero-order chi connectivity index (χ0) is 30.7. The molecule has 0 radical (unpaired) electrons. The average molecular weight is 592 g/mol. The molecule has 1 unspecified atom stereocenters. The summed E-state index contributed by atoms with van der Waals surface area (Å²) in [6.07, 6.45) is -6.19. The van der Waals surface area contributed by atoms with Crippen LogP contribution in [0.3, 0.4) is 0 Å². The highest BCUT2D eigenvalue weighted by molar-refractivity contribution is 5.93. The molecule has 2 heterocycles. The van der Waals surface area contributed by atoms with Gasteiger partial charge in [0.25, 0.3) is 5.91 Å². The molecule has 1 atom stereocenters. The first-order valence-electron chi connectivity index (χ1n) is 12.9. The molecular formula is C26H31F6N5O4. The largest absolute Gasteiger partial charge is 0.449 e. The quantitative estimate of drug-likeness (QED) is 0.352. The van der Waals surface area contributed by atoms with Crippen molar-refractivity contribution < 1.29 is 45.5 Å². The van der Waals surface area contributed by atoms with E-state index in [0.29, 0.717) is 18.6 Å². The van der Waals surface area contributed by atoms with E-state index >= 15 is 0 Å². The van der Waals surface area contributed by atoms with E-state index in [1.54, 1.807) is 27.7 Å². The Morgan fingerprint density at radius 2 is 1.71 bits per heavy atom. The number of nitrogens with zero attached hydrogens (tertiary/aromatic N) is 3. The zero-order valence-electron chi connectivity index (χ0n) is 22.9. The van der Waals surface area contributed by atoms with Crippen molar-refractivity contribution >= 4 is 17.9 Å². The summed E-state index contributed by atoms with van der Waals surface area (Å²) in [5.74, 6) is -6.59. The van der Waals surface area contributed by atoms with E-state index in [1.807, 2.05) is 0 Å². The smallest absolute Gasteiger partial charge is 0.444 e. The standard InChI is InChI=1S/C26H31F6N5O4/c1-5-6-33-22(39)21-19-13-36(7-8-37(19)23(35-21)26(30,31)32)20(38)11-15(34-24(40)41-25(2,3)4)9-14-10-17(28)18(29)12-16(14)27/h10,12,15H,5-9,11,13H2,1-4H3,(H,33,39)(H,34,40). The number of nitrogens with one attached hydrogen (secondary N) is 2. The summed E-state index contributed by atoms with van der Waals surface area (Å²) >= 11 is 0. The van der Waals surface area contributed by atoms with Gasteiger partial charge >= 0.3 is 12.3 Å². The summed E-state index contributed by atoms with van der Waals surface area (Å²) in [5.41, 5.74) is -1.83. The summed E-state index contributed by atoms with van der Waals surface area (Å²) in [7, 11) is 0. The van der Waals surface area contributed by atoms with Gasteiger partial charge in [0, 0.05) is 38.2 Å². The molecule has 9 nitrogen and oxygen atoms in total. The minimum Gasteiger partial charge on any atom is -0.444 e. The first-order chi connectivity index (χ1) is 19.0. The number of alkyl halides is 3. The van der Waals surface area contributed by atoms with E-state index in [1.165, 1.54) is 4.90 Å². The lowest BCUT2D eigenvalue weighted by Gasteiger charge is -2.31. The van der Waals surface area contributed by atoms with Crippen molar-refractivity contribution in [2.75, 3.05) is 13.1 Å². The van der Waals surface area contributed by atoms with Crippen LogP contribution in [-0.4, -0.2) is 57.1 Å². The number of amides is 3. The summed E-state index contributed by atoms with van der Waals surface area (Å²) in [6, 6.07) is -0.216. The number of rotatable bonds is 8. The van der Waals surface area contributed by atoms with Crippen molar-refractivity contribution in [1.29, 1.82) is 0 Å². The lowest BCUT2D eigenvalue weighted by molar-refractivity contribution is -0.148. The Morgan fingerprint density at radius 3 is 2.32 bits per heavy atom. The van der Waals surface area contributed by atoms with E-state index in [0.717, 1.165) is 4.57 Å². The fourth-order valence-electron chi connectivity index (χ4n) is 4.28. The third kappa shape index (κ3) is 8.13. The summed E-state index contributed by atoms with van der Waals surface area (Å²) < 4.78 is 88.6. The number of hydrogen-bond acceptors (Lipinski definition) is 5. The first kappa shape index (κ1) is 31.7. The molecular weight excluding hydrogens is 560 g/mol. The van der Waals surface area contributed by atoms with Crippen LogP contribution in [0, 0.1) is 17.5 Å². The third-order valence-electron chi connectivity index (χ3n) is 6.06. The molecule has 1 aliphatic heterocycles. The fraction of sp³-hybridized carbons (Fsp3) is 0.538. The van der Waals surface area contributed by atoms with Crippen LogP contribution in [0.2, 0.25) is 0 Å². The fourth-order valence-corrected chi connectivity index (χ4v) is 4.28. The maximum absolute atomic E-state index is 14.4. The molecule has 3 rings (SSSR count). The van der Waals surface area contributed by atoms with Crippen LogP contribution >= 0.6 is 0 Å². The van der Waals surface area contributed by atoms with Crippen molar-refractivity contribution in [3.63, 3.8) is 0 Å². The predicted molar refractivity (Wildman–Crippen MR) is 133 cm³/mol. The molecule has 1 aromatic heterocycles. The highest BCUT2D eigenvalue weighted by atomic mass is 19.4. The van der Waals surface area contributed by atoms with Gasteiger partial charge in [0.05, 0.1) is 12.2 Å². The topological polar surface area (TPSA) is 106 Å². The monoisotopic (exact) mass is 591 g/mol. The van der Waals surface area contributed by atoms with E-state index in [-0.39, 0.29) is 30.9 Å². The summed E-state index contributed by atoms with van der Waals surface area (Å²) in [5, 5.41) is 4.91. The number of aromatic nitrogens is 2. The Hall–Kier alpha value is -3.78. The molecule has 0 aliphatic carbocycles. The van der Waals surface area contributed by atoms with Gasteiger partial charge in [0.15, 0.2) is 17.3 Å². The molecule has 1 aliphatic rings. The number of benzene rings is 1. The molecule has 0 saturated carbocycles. The SMILES string of the molecule is CCCNC(=O)c1nc(C(F)(F)F)n2c1CN(C(=O)CC(Cc1cc(F)c(F)cc1F)NC(=O)OC(C)(C)C)CC2. The van der Waals surface area contributed by atoms with E-state index in [4.69, 9.17) is 4.74 Å². The predicted octanol–water partition coefficient (Wildman–Crippen LogP) is 4.33. The second kappa shape index (κ2) is 12.4. The van der Waals surface area contributed by atoms with Crippen molar-refractivity contribution in [3.8, 4) is 0 Å². The number of ether oxygens (including phenoxy) is 1. The normalized spacial score (nSPS) is 14.3. The number of carbonyl (C=O) groups excluding carboxylic acids is 3. The Balaban J connectivity index is 1.86. The molecule has 15 heteroatoms. The maximum atomic E-state index is 14.4. The van der Waals surface area contributed by atoms with Gasteiger partial charge in [0.1, 0.15) is 11.4 Å². The van der Waals surface area contributed by atoms with Crippen LogP contribution in [-0.2, 0) is 35.2 Å². The molecule has 41 heavy (non-hydrogen) atoms. The van der Waals surface area contributed by atoms with Gasteiger partial charge < -0.3 is 24.8 Å². The van der Waals surface area contributed by atoms with Crippen LogP contribution in [0.5, 0.6) is 0 Å². The zero-order valence-corrected chi connectivity index (χ0v) is 22.9. The van der Waals surface area contributed by atoms with Gasteiger partial charge in [-0.3, -0.25) is 9.59 Å².